The lowest BCUT2D eigenvalue weighted by atomic mass is 10.1. The van der Waals surface area contributed by atoms with Crippen LogP contribution in [0.3, 0.4) is 0 Å². The maximum absolute atomic E-state index is 12.4. The molecule has 0 aliphatic rings. The molecule has 0 atom stereocenters. The molecule has 20 heavy (non-hydrogen) atoms. The zero-order valence-electron chi connectivity index (χ0n) is 11.1. The van der Waals surface area contributed by atoms with Crippen molar-refractivity contribution >= 4 is 49.2 Å². The van der Waals surface area contributed by atoms with Gasteiger partial charge >= 0.3 is 0 Å². The van der Waals surface area contributed by atoms with Gasteiger partial charge in [-0.3, -0.25) is 9.48 Å². The third-order valence-electron chi connectivity index (χ3n) is 3.08. The van der Waals surface area contributed by atoms with Gasteiger partial charge in [0.15, 0.2) is 5.78 Å². The molecular weight excluding hydrogens is 407 g/mol. The van der Waals surface area contributed by atoms with Crippen LogP contribution in [0.25, 0.3) is 0 Å². The number of hydrogen-bond donors (Lipinski definition) is 0. The van der Waals surface area contributed by atoms with E-state index in [2.05, 4.69) is 37.0 Å². The first-order valence-electron chi connectivity index (χ1n) is 6.13. The first-order valence-corrected chi connectivity index (χ1v) is 8.09. The van der Waals surface area contributed by atoms with Gasteiger partial charge in [0.2, 0.25) is 0 Å². The summed E-state index contributed by atoms with van der Waals surface area (Å²) in [5, 5.41) is 4.84. The molecule has 0 N–H and O–H groups in total. The molecule has 0 unspecified atom stereocenters. The Bertz CT molecular complexity index is 667. The molecule has 6 heteroatoms. The Morgan fingerprint density at radius 3 is 2.70 bits per heavy atom. The Morgan fingerprint density at radius 2 is 2.10 bits per heavy atom. The van der Waals surface area contributed by atoms with Crippen molar-refractivity contribution in [2.45, 2.75) is 19.8 Å². The summed E-state index contributed by atoms with van der Waals surface area (Å²) in [7, 11) is 1.84. The topological polar surface area (TPSA) is 34.9 Å². The Balaban J connectivity index is 2.33. The molecule has 0 fully saturated rings. The highest BCUT2D eigenvalue weighted by Crippen LogP contribution is 2.28. The number of nitrogens with zero attached hydrogens (tertiary/aromatic N) is 2. The third kappa shape index (κ3) is 3.00. The average molecular weight is 421 g/mol. The van der Waals surface area contributed by atoms with Gasteiger partial charge in [-0.05, 0) is 50.4 Å². The number of carbonyl (C=O) groups is 1. The lowest BCUT2D eigenvalue weighted by Gasteiger charge is -2.06. The molecule has 2 aromatic rings. The van der Waals surface area contributed by atoms with Crippen LogP contribution in [-0.2, 0) is 19.9 Å². The molecule has 0 aliphatic heterocycles. The number of aryl methyl sites for hydroxylation is 2. The van der Waals surface area contributed by atoms with Crippen LogP contribution < -0.4 is 0 Å². The van der Waals surface area contributed by atoms with Crippen LogP contribution in [0.5, 0.6) is 0 Å². The zero-order chi connectivity index (χ0) is 14.9. The summed E-state index contributed by atoms with van der Waals surface area (Å²) < 4.78 is 3.37. The number of benzene rings is 1. The van der Waals surface area contributed by atoms with Crippen LogP contribution in [0, 0.1) is 0 Å². The standard InChI is InChI=1S/C14H13Br2ClN2O/c1-3-10-13(16)11(19(2)18-10)7-12(20)8-5-4-6-9(15)14(8)17/h4-6H,3,7H2,1-2H3. The van der Waals surface area contributed by atoms with E-state index in [1.807, 2.05) is 20.0 Å². The predicted molar refractivity (Wildman–Crippen MR) is 87.5 cm³/mol. The van der Waals surface area contributed by atoms with Gasteiger partial charge in [-0.2, -0.15) is 5.10 Å². The summed E-state index contributed by atoms with van der Waals surface area (Å²) in [4.78, 5) is 12.4. The number of rotatable bonds is 4. The second kappa shape index (κ2) is 6.41. The average Bonchev–Trinajstić information content (AvgIpc) is 2.69. The van der Waals surface area contributed by atoms with Crippen LogP contribution in [0.15, 0.2) is 27.1 Å². The van der Waals surface area contributed by atoms with Gasteiger partial charge in [-0.15, -0.1) is 0 Å². The van der Waals surface area contributed by atoms with Crippen LogP contribution in [0.2, 0.25) is 5.02 Å². The van der Waals surface area contributed by atoms with Crippen molar-refractivity contribution in [3.63, 3.8) is 0 Å². The molecule has 0 amide bonds. The fourth-order valence-electron chi connectivity index (χ4n) is 1.98. The number of halogens is 3. The van der Waals surface area contributed by atoms with Crippen LogP contribution in [0.1, 0.15) is 28.7 Å². The van der Waals surface area contributed by atoms with Crippen molar-refractivity contribution in [1.82, 2.24) is 9.78 Å². The second-order valence-electron chi connectivity index (χ2n) is 4.39. The van der Waals surface area contributed by atoms with Gasteiger partial charge in [-0.25, -0.2) is 0 Å². The molecule has 0 saturated carbocycles. The van der Waals surface area contributed by atoms with Crippen molar-refractivity contribution in [3.8, 4) is 0 Å². The molecule has 0 spiro atoms. The molecule has 106 valence electrons. The molecule has 3 nitrogen and oxygen atoms in total. The fourth-order valence-corrected chi connectivity index (χ4v) is 3.33. The SMILES string of the molecule is CCc1nn(C)c(CC(=O)c2cccc(Br)c2Cl)c1Br. The molecular formula is C14H13Br2ClN2O. The Hall–Kier alpha value is -0.650. The Kier molecular flexibility index (Phi) is 5.04. The summed E-state index contributed by atoms with van der Waals surface area (Å²) in [6.45, 7) is 2.03. The quantitative estimate of drug-likeness (QED) is 0.679. The van der Waals surface area contributed by atoms with Crippen LogP contribution in [0.4, 0.5) is 0 Å². The maximum atomic E-state index is 12.4. The Labute approximate surface area is 139 Å². The fraction of sp³-hybridized carbons (Fsp3) is 0.286. The van der Waals surface area contributed by atoms with E-state index in [-0.39, 0.29) is 12.2 Å². The maximum Gasteiger partial charge on any atom is 0.170 e. The van der Waals surface area contributed by atoms with Gasteiger partial charge in [0.05, 0.1) is 27.3 Å². The highest BCUT2D eigenvalue weighted by atomic mass is 79.9. The molecule has 0 bridgehead atoms. The molecule has 2 rings (SSSR count). The minimum Gasteiger partial charge on any atom is -0.294 e. The monoisotopic (exact) mass is 418 g/mol. The van der Waals surface area contributed by atoms with E-state index < -0.39 is 0 Å². The van der Waals surface area contributed by atoms with Gasteiger partial charge < -0.3 is 0 Å². The molecule has 1 aromatic heterocycles. The summed E-state index contributed by atoms with van der Waals surface area (Å²) in [5.74, 6) is -0.0253. The second-order valence-corrected chi connectivity index (χ2v) is 6.41. The van der Waals surface area contributed by atoms with Gasteiger partial charge in [0, 0.05) is 17.1 Å². The summed E-state index contributed by atoms with van der Waals surface area (Å²) in [6.07, 6.45) is 1.08. The smallest absolute Gasteiger partial charge is 0.170 e. The summed E-state index contributed by atoms with van der Waals surface area (Å²) in [6, 6.07) is 5.35. The van der Waals surface area contributed by atoms with Gasteiger partial charge in [0.1, 0.15) is 0 Å². The van der Waals surface area contributed by atoms with Gasteiger partial charge in [-0.1, -0.05) is 24.6 Å². The number of carbonyl (C=O) groups excluding carboxylic acids is 1. The highest BCUT2D eigenvalue weighted by molar-refractivity contribution is 9.10. The summed E-state index contributed by atoms with van der Waals surface area (Å²) >= 11 is 13.0. The van der Waals surface area contributed by atoms with Crippen LogP contribution >= 0.6 is 43.5 Å². The molecule has 0 saturated heterocycles. The molecule has 0 radical (unpaired) electrons. The van der Waals surface area contributed by atoms with Crippen molar-refractivity contribution in [2.75, 3.05) is 0 Å². The summed E-state index contributed by atoms with van der Waals surface area (Å²) in [5.41, 5.74) is 2.34. The van der Waals surface area contributed by atoms with Crippen molar-refractivity contribution in [1.29, 1.82) is 0 Å². The van der Waals surface area contributed by atoms with E-state index in [0.29, 0.717) is 10.6 Å². The number of hydrogen-bond acceptors (Lipinski definition) is 2. The van der Waals surface area contributed by atoms with Crippen molar-refractivity contribution in [2.24, 2.45) is 7.05 Å². The lowest BCUT2D eigenvalue weighted by molar-refractivity contribution is 0.0990. The first-order chi connectivity index (χ1) is 9.45. The largest absolute Gasteiger partial charge is 0.294 e. The van der Waals surface area contributed by atoms with E-state index in [0.717, 1.165) is 26.8 Å². The molecule has 1 aromatic carbocycles. The van der Waals surface area contributed by atoms with E-state index in [4.69, 9.17) is 11.6 Å². The van der Waals surface area contributed by atoms with E-state index in [1.165, 1.54) is 0 Å². The first kappa shape index (κ1) is 15.7. The number of aromatic nitrogens is 2. The van der Waals surface area contributed by atoms with Crippen molar-refractivity contribution < 1.29 is 4.79 Å². The van der Waals surface area contributed by atoms with E-state index >= 15 is 0 Å². The third-order valence-corrected chi connectivity index (χ3v) is 5.29. The molecule has 0 aliphatic carbocycles. The van der Waals surface area contributed by atoms with Crippen LogP contribution in [-0.4, -0.2) is 15.6 Å². The normalized spacial score (nSPS) is 10.8. The van der Waals surface area contributed by atoms with Gasteiger partial charge in [0.25, 0.3) is 0 Å². The van der Waals surface area contributed by atoms with E-state index in [1.54, 1.807) is 16.8 Å². The van der Waals surface area contributed by atoms with Crippen molar-refractivity contribution in [3.05, 3.63) is 49.1 Å². The minimum absolute atomic E-state index is 0.0253. The minimum atomic E-state index is -0.0253. The highest BCUT2D eigenvalue weighted by Gasteiger charge is 2.19. The molecule has 1 heterocycles. The number of Topliss-reactive ketones (excluding diaryl/α,β-unsaturated/α-hetero) is 1. The zero-order valence-corrected chi connectivity index (χ0v) is 15.0. The lowest BCUT2D eigenvalue weighted by Crippen LogP contribution is -2.09. The Morgan fingerprint density at radius 1 is 1.40 bits per heavy atom. The van der Waals surface area contributed by atoms with E-state index in [9.17, 15) is 4.79 Å². The predicted octanol–water partition coefficient (Wildman–Crippen LogP) is 4.59. The number of ketones is 1.